The zero-order chi connectivity index (χ0) is 15.0. The Kier molecular flexibility index (Phi) is 4.54. The number of aryl methyl sites for hydroxylation is 1. The Morgan fingerprint density at radius 2 is 2.20 bits per heavy atom. The molecule has 0 unspecified atom stereocenters. The molecule has 0 aromatic carbocycles. The predicted octanol–water partition coefficient (Wildman–Crippen LogP) is -0.504. The van der Waals surface area contributed by atoms with E-state index in [0.29, 0.717) is 17.4 Å². The van der Waals surface area contributed by atoms with Crippen LogP contribution in [-0.4, -0.2) is 56.3 Å². The summed E-state index contributed by atoms with van der Waals surface area (Å²) in [6.45, 7) is 0.591. The Morgan fingerprint density at radius 3 is 2.70 bits per heavy atom. The lowest BCUT2D eigenvalue weighted by Gasteiger charge is -2.14. The second kappa shape index (κ2) is 5.72. The Labute approximate surface area is 126 Å². The van der Waals surface area contributed by atoms with Crippen molar-refractivity contribution in [1.29, 1.82) is 0 Å². The molecule has 20 heavy (non-hydrogen) atoms. The van der Waals surface area contributed by atoms with Crippen LogP contribution in [0.4, 0.5) is 0 Å². The molecule has 2 heterocycles. The molecule has 0 saturated carbocycles. The number of sulfonamides is 2. The summed E-state index contributed by atoms with van der Waals surface area (Å²) >= 11 is 3.12. The van der Waals surface area contributed by atoms with Gasteiger partial charge in [-0.15, -0.1) is 0 Å². The number of rotatable bonds is 5. The van der Waals surface area contributed by atoms with Crippen molar-refractivity contribution in [3.8, 4) is 0 Å². The van der Waals surface area contributed by atoms with Gasteiger partial charge in [0, 0.05) is 32.9 Å². The minimum absolute atomic E-state index is 0.0184. The van der Waals surface area contributed by atoms with Crippen molar-refractivity contribution in [3.63, 3.8) is 0 Å². The third-order valence-electron chi connectivity index (χ3n) is 2.86. The highest BCUT2D eigenvalue weighted by atomic mass is 79.9. The van der Waals surface area contributed by atoms with Gasteiger partial charge in [-0.1, -0.05) is 0 Å². The number of aromatic nitrogens is 2. The summed E-state index contributed by atoms with van der Waals surface area (Å²) < 4.78 is 52.6. The van der Waals surface area contributed by atoms with Crippen molar-refractivity contribution < 1.29 is 16.8 Å². The van der Waals surface area contributed by atoms with Crippen LogP contribution < -0.4 is 4.72 Å². The minimum atomic E-state index is -3.75. The molecule has 11 heteroatoms. The summed E-state index contributed by atoms with van der Waals surface area (Å²) in [5.74, 6) is 0.130. The second-order valence-corrected chi connectivity index (χ2v) is 9.05. The van der Waals surface area contributed by atoms with Crippen LogP contribution in [-0.2, 0) is 27.1 Å². The van der Waals surface area contributed by atoms with Crippen LogP contribution in [0.1, 0.15) is 6.42 Å². The molecule has 1 fully saturated rings. The Hall–Kier alpha value is -0.490. The monoisotopic (exact) mass is 386 g/mol. The number of hydrogen-bond acceptors (Lipinski definition) is 5. The van der Waals surface area contributed by atoms with Crippen LogP contribution in [0, 0.1) is 0 Å². The van der Waals surface area contributed by atoms with E-state index in [2.05, 4.69) is 25.8 Å². The largest absolute Gasteiger partial charge is 0.273 e. The summed E-state index contributed by atoms with van der Waals surface area (Å²) in [5.41, 5.74) is 0. The molecule has 1 aromatic rings. The van der Waals surface area contributed by atoms with Crippen LogP contribution in [0.5, 0.6) is 0 Å². The third-order valence-corrected chi connectivity index (χ3v) is 7.06. The number of nitrogens with zero attached hydrogens (tertiary/aromatic N) is 3. The van der Waals surface area contributed by atoms with E-state index in [1.165, 1.54) is 15.2 Å². The van der Waals surface area contributed by atoms with Crippen molar-refractivity contribution in [2.24, 2.45) is 7.05 Å². The molecule has 0 spiro atoms. The fourth-order valence-electron chi connectivity index (χ4n) is 1.94. The quantitative estimate of drug-likeness (QED) is 0.734. The summed E-state index contributed by atoms with van der Waals surface area (Å²) in [5, 5.41) is 3.74. The fourth-order valence-corrected chi connectivity index (χ4v) is 5.52. The molecule has 2 rings (SSSR count). The van der Waals surface area contributed by atoms with Gasteiger partial charge in [0.25, 0.3) is 10.0 Å². The van der Waals surface area contributed by atoms with Crippen molar-refractivity contribution in [3.05, 3.63) is 10.7 Å². The van der Waals surface area contributed by atoms with Gasteiger partial charge in [0.2, 0.25) is 15.0 Å². The zero-order valence-corrected chi connectivity index (χ0v) is 14.0. The summed E-state index contributed by atoms with van der Waals surface area (Å²) in [4.78, 5) is 0. The average Bonchev–Trinajstić information content (AvgIpc) is 2.82. The molecule has 0 aliphatic carbocycles. The highest BCUT2D eigenvalue weighted by Gasteiger charge is 2.28. The first kappa shape index (κ1) is 15.9. The molecule has 1 saturated heterocycles. The van der Waals surface area contributed by atoms with Crippen molar-refractivity contribution in [2.45, 2.75) is 11.4 Å². The molecule has 114 valence electrons. The average molecular weight is 387 g/mol. The third kappa shape index (κ3) is 3.39. The fraction of sp³-hybridized carbons (Fsp3) is 0.667. The van der Waals surface area contributed by atoms with Crippen LogP contribution >= 0.6 is 15.9 Å². The van der Waals surface area contributed by atoms with Crippen molar-refractivity contribution >= 4 is 36.0 Å². The normalized spacial score (nSPS) is 19.5. The van der Waals surface area contributed by atoms with Crippen molar-refractivity contribution in [2.75, 3.05) is 25.4 Å². The summed E-state index contributed by atoms with van der Waals surface area (Å²) in [7, 11) is -5.34. The summed E-state index contributed by atoms with van der Waals surface area (Å²) in [6.07, 6.45) is 2.11. The smallest absolute Gasteiger partial charge is 0.261 e. The molecule has 1 aliphatic heterocycles. The molecule has 0 bridgehead atoms. The van der Waals surface area contributed by atoms with Crippen LogP contribution in [0.15, 0.2) is 15.7 Å². The van der Waals surface area contributed by atoms with Gasteiger partial charge in [-0.3, -0.25) is 4.68 Å². The van der Waals surface area contributed by atoms with E-state index in [1.807, 2.05) is 0 Å². The first-order valence-electron chi connectivity index (χ1n) is 5.89. The molecule has 0 atom stereocenters. The van der Waals surface area contributed by atoms with E-state index < -0.39 is 20.0 Å². The van der Waals surface area contributed by atoms with E-state index in [0.717, 1.165) is 0 Å². The molecule has 8 nitrogen and oxygen atoms in total. The Bertz CT molecular complexity index is 698. The van der Waals surface area contributed by atoms with Crippen LogP contribution in [0.3, 0.4) is 0 Å². The first-order valence-corrected chi connectivity index (χ1v) is 9.77. The number of hydrogen-bond donors (Lipinski definition) is 1. The van der Waals surface area contributed by atoms with E-state index in [-0.39, 0.29) is 23.9 Å². The number of nitrogens with one attached hydrogen (secondary N) is 1. The minimum Gasteiger partial charge on any atom is -0.273 e. The number of halogens is 1. The van der Waals surface area contributed by atoms with E-state index in [9.17, 15) is 16.8 Å². The lowest BCUT2D eigenvalue weighted by Crippen LogP contribution is -2.36. The van der Waals surface area contributed by atoms with Gasteiger partial charge in [-0.25, -0.2) is 25.9 Å². The topological polar surface area (TPSA) is 101 Å². The predicted molar refractivity (Wildman–Crippen MR) is 76.1 cm³/mol. The lowest BCUT2D eigenvalue weighted by atomic mass is 10.5. The van der Waals surface area contributed by atoms with E-state index >= 15 is 0 Å². The standard InChI is InChI=1S/C9H15BrN4O4S2/c1-13-7-8(10)9(12-13)20(17,18)11-3-5-14-4-2-6-19(14,15)16/h7,11H,2-6H2,1H3. The van der Waals surface area contributed by atoms with E-state index in [1.54, 1.807) is 7.05 Å². The molecule has 1 aromatic heterocycles. The highest BCUT2D eigenvalue weighted by Crippen LogP contribution is 2.19. The zero-order valence-electron chi connectivity index (χ0n) is 10.8. The van der Waals surface area contributed by atoms with Gasteiger partial charge in [0.1, 0.15) is 0 Å². The molecular formula is C9H15BrN4O4S2. The van der Waals surface area contributed by atoms with Gasteiger partial charge >= 0.3 is 0 Å². The molecule has 1 N–H and O–H groups in total. The maximum absolute atomic E-state index is 12.0. The SMILES string of the molecule is Cn1cc(Br)c(S(=O)(=O)NCCN2CCCS2(=O)=O)n1. The maximum Gasteiger partial charge on any atom is 0.261 e. The molecular weight excluding hydrogens is 372 g/mol. The van der Waals surface area contributed by atoms with Crippen molar-refractivity contribution in [1.82, 2.24) is 18.8 Å². The van der Waals surface area contributed by atoms with Gasteiger partial charge in [0.15, 0.2) is 0 Å². The first-order chi connectivity index (χ1) is 9.22. The second-order valence-electron chi connectivity index (χ2n) is 4.42. The van der Waals surface area contributed by atoms with Gasteiger partial charge in [0.05, 0.1) is 10.2 Å². The highest BCUT2D eigenvalue weighted by molar-refractivity contribution is 9.10. The molecule has 0 amide bonds. The summed E-state index contributed by atoms with van der Waals surface area (Å²) in [6, 6.07) is 0. The van der Waals surface area contributed by atoms with Crippen LogP contribution in [0.2, 0.25) is 0 Å². The molecule has 0 radical (unpaired) electrons. The maximum atomic E-state index is 12.0. The van der Waals surface area contributed by atoms with Crippen LogP contribution in [0.25, 0.3) is 0 Å². The Morgan fingerprint density at radius 1 is 1.50 bits per heavy atom. The van der Waals surface area contributed by atoms with Gasteiger partial charge in [-0.05, 0) is 22.4 Å². The van der Waals surface area contributed by atoms with Gasteiger partial charge < -0.3 is 0 Å². The molecule has 1 aliphatic rings. The van der Waals surface area contributed by atoms with E-state index in [4.69, 9.17) is 0 Å². The lowest BCUT2D eigenvalue weighted by molar-refractivity contribution is 0.444. The Balaban J connectivity index is 1.99. The van der Waals surface area contributed by atoms with Gasteiger partial charge in [-0.2, -0.15) is 5.10 Å².